The predicted molar refractivity (Wildman–Crippen MR) is 280 cm³/mol. The summed E-state index contributed by atoms with van der Waals surface area (Å²) in [5.74, 6) is 0.870. The first-order valence-corrected chi connectivity index (χ1v) is 29.9. The van der Waals surface area contributed by atoms with Crippen LogP contribution in [0.15, 0.2) is 61.2 Å². The number of nitrogens with two attached hydrogens (primary N) is 1. The molecule has 9 rings (SSSR count). The molecule has 27 nitrogen and oxygen atoms in total. The number of carbonyl (C=O) groups is 3. The number of alkyl carbamates (subject to hydrolysis) is 1. The fraction of sp³-hybridized carbons (Fsp3) is 0.438. The number of hydrogen-bond donors (Lipinski definition) is 9. The summed E-state index contributed by atoms with van der Waals surface area (Å²) in [6.07, 6.45) is -1.13. The van der Waals surface area contributed by atoms with Crippen molar-refractivity contribution in [3.05, 3.63) is 99.6 Å². The summed E-state index contributed by atoms with van der Waals surface area (Å²) in [7, 11) is -15.0. The number of nitrogens with one attached hydrogen (secondary N) is 3. The van der Waals surface area contributed by atoms with Gasteiger partial charge in [0, 0.05) is 91.8 Å². The molecule has 0 radical (unpaired) electrons. The quantitative estimate of drug-likeness (QED) is 0.0299. The maximum Gasteiger partial charge on any atom is 0.480 e. The zero-order chi connectivity index (χ0) is 55.7. The number of benzene rings is 3. The molecule has 6 heterocycles. The van der Waals surface area contributed by atoms with Crippen LogP contribution in [0.25, 0.3) is 16.7 Å². The van der Waals surface area contributed by atoms with Crippen molar-refractivity contribution in [2.24, 2.45) is 0 Å². The number of imidazole rings is 1. The van der Waals surface area contributed by atoms with Gasteiger partial charge >= 0.3 is 29.4 Å². The molecule has 4 aliphatic heterocycles. The number of nitrogens with zero attached hydrogens (tertiary/aromatic N) is 7. The second-order valence-electron chi connectivity index (χ2n) is 19.0. The molecule has 0 bridgehead atoms. The third-order valence-electron chi connectivity index (χ3n) is 13.8. The summed E-state index contributed by atoms with van der Waals surface area (Å²) in [6.45, 7) is 6.92. The Labute approximate surface area is 446 Å². The first-order valence-electron chi connectivity index (χ1n) is 25.2. The van der Waals surface area contributed by atoms with Crippen LogP contribution in [0.3, 0.4) is 0 Å². The van der Waals surface area contributed by atoms with E-state index in [1.807, 2.05) is 24.3 Å². The summed E-state index contributed by atoms with van der Waals surface area (Å²) in [4.78, 5) is 95.3. The number of aromatic nitrogens is 4. The van der Waals surface area contributed by atoms with E-state index in [0.717, 1.165) is 108 Å². The Morgan fingerprint density at radius 3 is 2.49 bits per heavy atom. The maximum absolute atomic E-state index is 14.5. The van der Waals surface area contributed by atoms with Crippen molar-refractivity contribution < 1.29 is 75.8 Å². The highest BCUT2D eigenvalue weighted by atomic mass is 31.3. The van der Waals surface area contributed by atoms with E-state index >= 15 is 0 Å². The SMILES string of the molecule is CCN1CCCc2cc3c(cc21)Oc1cc2c(cc1=C3c1ccccc1C(=O)N(C)CCCC(=O)NCCNC(=O)O[C@H]1[C@@H](O)[C@H](n3cnc4c(N)ncnc43)O[C@@H]1COP(=O)(O)OP(=O)(O)NP(=O)(O)O)CCC[N+]=2CC. The van der Waals surface area contributed by atoms with Gasteiger partial charge < -0.3 is 65.1 Å². The van der Waals surface area contributed by atoms with E-state index in [9.17, 15) is 43.0 Å². The first kappa shape index (κ1) is 56.5. The van der Waals surface area contributed by atoms with Gasteiger partial charge in [-0.25, -0.2) is 38.0 Å². The number of carbonyl (C=O) groups excluding carboxylic acids is 3. The molecule has 2 aromatic heterocycles. The fourth-order valence-corrected chi connectivity index (χ4v) is 13.7. The molecular formula is C48H61N11O16P3+. The summed E-state index contributed by atoms with van der Waals surface area (Å²) in [5, 5.41) is 18.6. The Morgan fingerprint density at radius 2 is 1.72 bits per heavy atom. The number of phosphoric acid groups is 1. The van der Waals surface area contributed by atoms with Gasteiger partial charge in [-0.2, -0.15) is 4.31 Å². The van der Waals surface area contributed by atoms with Crippen LogP contribution >= 0.6 is 23.3 Å². The minimum atomic E-state index is -5.64. The van der Waals surface area contributed by atoms with Crippen LogP contribution in [-0.2, 0) is 49.6 Å². The Balaban J connectivity index is 0.823. The van der Waals surface area contributed by atoms with Crippen molar-refractivity contribution in [3.63, 3.8) is 0 Å². The standard InChI is InChI=1S/C48H60N11O16P3/c1-4-57-19-8-11-28-21-32-36(23-34(28)57)72-37-24-35-29(12-9-20-58(35)5-2)22-33(37)40(32)30-13-6-7-14-31(30)46(62)56(3)18-10-15-39(60)50-16-17-51-48(63)74-43-38(25-71-78(69,70)75-77(67,68)55-76(64,65)66)73-47(42(43)61)59-27-54-41-44(49)52-26-53-45(41)59/h6-7,13-14,21-24,26-27,38,42-43,47,61H,4-5,8-12,15-20,25H2,1-3H3,(H8-,49,50,51,52,53,55,60,63,64,65,66,67,68,69,70)/p+1/t38-,42-,43-,47-/m1/s1. The first-order chi connectivity index (χ1) is 37.1. The zero-order valence-electron chi connectivity index (χ0n) is 42.8. The lowest BCUT2D eigenvalue weighted by molar-refractivity contribution is -0.121. The number of phosphoric ester groups is 1. The van der Waals surface area contributed by atoms with Gasteiger partial charge in [0.25, 0.3) is 5.91 Å². The highest BCUT2D eigenvalue weighted by molar-refractivity contribution is 7.70. The number of aliphatic hydroxyl groups is 1. The van der Waals surface area contributed by atoms with Gasteiger partial charge in [0.2, 0.25) is 11.3 Å². The van der Waals surface area contributed by atoms with Gasteiger partial charge in [-0.1, -0.05) is 18.2 Å². The topological polar surface area (TPSA) is 365 Å². The summed E-state index contributed by atoms with van der Waals surface area (Å²) >= 11 is 0. The van der Waals surface area contributed by atoms with Crippen molar-refractivity contribution in [3.8, 4) is 11.5 Å². The van der Waals surface area contributed by atoms with Crippen LogP contribution in [0.1, 0.15) is 78.4 Å². The number of ether oxygens (including phenoxy) is 3. The molecule has 4 aliphatic rings. The molecule has 1 saturated heterocycles. The summed E-state index contributed by atoms with van der Waals surface area (Å²) in [6, 6.07) is 16.4. The van der Waals surface area contributed by atoms with Crippen LogP contribution in [0.5, 0.6) is 11.5 Å². The fourth-order valence-electron chi connectivity index (χ4n) is 10.2. The highest BCUT2D eigenvalue weighted by Crippen LogP contribution is 2.61. The van der Waals surface area contributed by atoms with Crippen LogP contribution < -0.4 is 46.0 Å². The van der Waals surface area contributed by atoms with Crippen molar-refractivity contribution in [2.45, 2.75) is 76.9 Å². The Hall–Kier alpha value is -6.18. The van der Waals surface area contributed by atoms with E-state index < -0.39 is 60.6 Å². The van der Waals surface area contributed by atoms with Crippen LogP contribution in [-0.4, -0.2) is 145 Å². The lowest BCUT2D eigenvalue weighted by atomic mass is 9.86. The molecule has 78 heavy (non-hydrogen) atoms. The van der Waals surface area contributed by atoms with E-state index in [2.05, 4.69) is 77.5 Å². The Bertz CT molecular complexity index is 3430. The average molecular weight is 1140 g/mol. The van der Waals surface area contributed by atoms with Crippen molar-refractivity contribution in [2.75, 3.05) is 70.1 Å². The van der Waals surface area contributed by atoms with Gasteiger partial charge in [-0.05, 0) is 68.9 Å². The molecular weight excluding hydrogens is 1080 g/mol. The maximum atomic E-state index is 14.5. The normalized spacial score (nSPS) is 20.3. The largest absolute Gasteiger partial charge is 0.480 e. The summed E-state index contributed by atoms with van der Waals surface area (Å²) < 4.78 is 66.3. The van der Waals surface area contributed by atoms with E-state index in [1.54, 1.807) is 11.9 Å². The van der Waals surface area contributed by atoms with Crippen LogP contribution in [0.2, 0.25) is 0 Å². The van der Waals surface area contributed by atoms with Crippen LogP contribution in [0.4, 0.5) is 16.3 Å². The number of nitrogen functional groups attached to an aromatic ring is 1. The number of aryl methyl sites for hydroxylation is 2. The number of anilines is 2. The molecule has 3 aromatic carbocycles. The number of aliphatic hydroxyl groups excluding tert-OH is 1. The minimum Gasteiger partial charge on any atom is -0.456 e. The van der Waals surface area contributed by atoms with Gasteiger partial charge in [-0.3, -0.25) is 18.7 Å². The smallest absolute Gasteiger partial charge is 0.456 e. The number of amides is 3. The third kappa shape index (κ3) is 12.5. The molecule has 0 spiro atoms. The van der Waals surface area contributed by atoms with Crippen molar-refractivity contribution >= 4 is 69.5 Å². The predicted octanol–water partition coefficient (Wildman–Crippen LogP) is 1.93. The lowest BCUT2D eigenvalue weighted by Gasteiger charge is -2.33. The minimum absolute atomic E-state index is 0.0213. The molecule has 1 fully saturated rings. The monoisotopic (exact) mass is 1140 g/mol. The van der Waals surface area contributed by atoms with E-state index in [4.69, 9.17) is 34.3 Å². The molecule has 10 N–H and O–H groups in total. The highest BCUT2D eigenvalue weighted by Gasteiger charge is 2.49. The zero-order valence-corrected chi connectivity index (χ0v) is 45.4. The molecule has 418 valence electrons. The number of rotatable bonds is 20. The molecule has 0 saturated carbocycles. The molecule has 3 amide bonds. The lowest BCUT2D eigenvalue weighted by Crippen LogP contribution is -2.42. The van der Waals surface area contributed by atoms with Crippen molar-refractivity contribution in [1.29, 1.82) is 0 Å². The third-order valence-corrected chi connectivity index (χ3v) is 18.0. The average Bonchev–Trinajstić information content (AvgIpc) is 4.00. The van der Waals surface area contributed by atoms with E-state index in [-0.39, 0.29) is 54.9 Å². The Kier molecular flexibility index (Phi) is 16.9. The molecule has 0 aliphatic carbocycles. The molecule has 2 unspecified atom stereocenters. The van der Waals surface area contributed by atoms with E-state index in [0.29, 0.717) is 12.0 Å². The van der Waals surface area contributed by atoms with Crippen LogP contribution in [0, 0.1) is 0 Å². The van der Waals surface area contributed by atoms with Gasteiger partial charge in [0.15, 0.2) is 23.8 Å². The van der Waals surface area contributed by atoms with Gasteiger partial charge in [0.1, 0.15) is 48.6 Å². The number of fused-ring (bicyclic) bond motifs is 5. The second kappa shape index (κ2) is 23.3. The molecule has 6 atom stereocenters. The summed E-state index contributed by atoms with van der Waals surface area (Å²) in [5.41, 5.74) is 12.9. The second-order valence-corrected chi connectivity index (χ2v) is 23.7. The van der Waals surface area contributed by atoms with Gasteiger partial charge in [0.05, 0.1) is 19.0 Å². The Morgan fingerprint density at radius 1 is 0.949 bits per heavy atom. The molecule has 30 heteroatoms. The molecule has 5 aromatic rings. The van der Waals surface area contributed by atoms with E-state index in [1.165, 1.54) is 22.0 Å². The van der Waals surface area contributed by atoms with Crippen molar-refractivity contribution in [1.82, 2.24) is 44.5 Å². The number of hydrogen-bond acceptors (Lipinski definition) is 17. The van der Waals surface area contributed by atoms with Gasteiger partial charge in [-0.15, -0.1) is 4.86 Å².